The number of rotatable bonds is 1. The number of hydrogen-bond acceptors (Lipinski definition) is 3. The van der Waals surface area contributed by atoms with Crippen molar-refractivity contribution < 1.29 is 4.79 Å². The lowest BCUT2D eigenvalue weighted by atomic mass is 9.91. The number of nitrogens with one attached hydrogen (secondary N) is 2. The lowest BCUT2D eigenvalue weighted by molar-refractivity contribution is -0.119. The van der Waals surface area contributed by atoms with E-state index in [1.54, 1.807) is 0 Å². The van der Waals surface area contributed by atoms with Gasteiger partial charge in [0.05, 0.1) is 23.1 Å². The van der Waals surface area contributed by atoms with Crippen molar-refractivity contribution in [3.05, 3.63) is 60.3 Å². The van der Waals surface area contributed by atoms with Crippen LogP contribution >= 0.6 is 0 Å². The van der Waals surface area contributed by atoms with Crippen molar-refractivity contribution in [1.82, 2.24) is 14.5 Å². The number of H-pyrrole nitrogens is 1. The van der Waals surface area contributed by atoms with Gasteiger partial charge in [0.25, 0.3) is 0 Å². The molecule has 1 amide bonds. The summed E-state index contributed by atoms with van der Waals surface area (Å²) in [5, 5.41) is 13.5. The third kappa shape index (κ3) is 1.83. The second-order valence-electron chi connectivity index (χ2n) is 6.12. The van der Waals surface area contributed by atoms with E-state index >= 15 is 0 Å². The normalized spacial score (nSPS) is 19.6. The number of hydrogen-bond donors (Lipinski definition) is 2. The summed E-state index contributed by atoms with van der Waals surface area (Å²) in [4.78, 5) is 20.3. The summed E-state index contributed by atoms with van der Waals surface area (Å²) in [5.41, 5.74) is 3.59. The number of fused-ring (bicyclic) bond motifs is 4. The molecular weight excluding hydrogens is 314 g/mol. The van der Waals surface area contributed by atoms with Crippen LogP contribution in [-0.2, 0) is 4.79 Å². The van der Waals surface area contributed by atoms with E-state index < -0.39 is 12.0 Å². The summed E-state index contributed by atoms with van der Waals surface area (Å²) in [7, 11) is 0. The van der Waals surface area contributed by atoms with Gasteiger partial charge in [0.15, 0.2) is 5.92 Å². The molecule has 0 spiro atoms. The van der Waals surface area contributed by atoms with Crippen LogP contribution in [-0.4, -0.2) is 20.4 Å². The highest BCUT2D eigenvalue weighted by Crippen LogP contribution is 2.40. The summed E-state index contributed by atoms with van der Waals surface area (Å²) < 4.78 is 1.96. The first kappa shape index (κ1) is 13.8. The second-order valence-corrected chi connectivity index (χ2v) is 6.12. The molecule has 3 heterocycles. The molecule has 1 aliphatic rings. The molecule has 1 aliphatic heterocycles. The molecule has 120 valence electrons. The molecule has 0 saturated heterocycles. The molecule has 6 heteroatoms. The van der Waals surface area contributed by atoms with Crippen LogP contribution in [0.1, 0.15) is 11.6 Å². The minimum absolute atomic E-state index is 0.319. The summed E-state index contributed by atoms with van der Waals surface area (Å²) in [5.74, 6) is -0.669. The van der Waals surface area contributed by atoms with Gasteiger partial charge >= 0.3 is 0 Å². The zero-order valence-electron chi connectivity index (χ0n) is 13.1. The Kier molecular flexibility index (Phi) is 2.74. The van der Waals surface area contributed by atoms with E-state index in [4.69, 9.17) is 0 Å². The molecule has 0 aliphatic carbocycles. The summed E-state index contributed by atoms with van der Waals surface area (Å²) >= 11 is 0. The fourth-order valence-corrected chi connectivity index (χ4v) is 3.68. The summed E-state index contributed by atoms with van der Waals surface area (Å²) in [6, 6.07) is 17.3. The van der Waals surface area contributed by atoms with Crippen LogP contribution in [0.5, 0.6) is 0 Å². The average Bonchev–Trinajstić information content (AvgIpc) is 3.21. The number of para-hydroxylation sites is 3. The van der Waals surface area contributed by atoms with Gasteiger partial charge in [-0.05, 0) is 18.2 Å². The van der Waals surface area contributed by atoms with Crippen molar-refractivity contribution in [2.45, 2.75) is 6.04 Å². The van der Waals surface area contributed by atoms with Gasteiger partial charge in [0.1, 0.15) is 0 Å². The van der Waals surface area contributed by atoms with Gasteiger partial charge in [0, 0.05) is 22.7 Å². The molecule has 2 aromatic heterocycles. The Labute approximate surface area is 142 Å². The number of aromatic nitrogens is 3. The minimum Gasteiger partial charge on any atom is -0.361 e. The zero-order valence-corrected chi connectivity index (χ0v) is 13.1. The fraction of sp³-hybridized carbons (Fsp3) is 0.105. The van der Waals surface area contributed by atoms with Crippen molar-refractivity contribution in [2.75, 3.05) is 5.32 Å². The SMILES string of the molecule is N#C[C@@H]1C(=O)Nc2nc3ccccc3n2[C@H]1c1c[nH]c2ccccc12. The average molecular weight is 327 g/mol. The van der Waals surface area contributed by atoms with Crippen molar-refractivity contribution in [3.63, 3.8) is 0 Å². The third-order valence-corrected chi connectivity index (χ3v) is 4.79. The molecule has 2 aromatic carbocycles. The molecule has 2 atom stereocenters. The number of nitrogens with zero attached hydrogens (tertiary/aromatic N) is 3. The molecule has 0 unspecified atom stereocenters. The van der Waals surface area contributed by atoms with Crippen LogP contribution in [0.15, 0.2) is 54.7 Å². The van der Waals surface area contributed by atoms with Gasteiger partial charge < -0.3 is 9.55 Å². The highest BCUT2D eigenvalue weighted by molar-refractivity contribution is 5.98. The molecule has 0 fully saturated rings. The predicted octanol–water partition coefficient (Wildman–Crippen LogP) is 3.20. The van der Waals surface area contributed by atoms with Gasteiger partial charge in [-0.15, -0.1) is 0 Å². The molecule has 0 bridgehead atoms. The highest BCUT2D eigenvalue weighted by Gasteiger charge is 2.39. The lowest BCUT2D eigenvalue weighted by Gasteiger charge is -2.29. The third-order valence-electron chi connectivity index (χ3n) is 4.79. The smallest absolute Gasteiger partial charge is 0.246 e. The van der Waals surface area contributed by atoms with Crippen molar-refractivity contribution in [2.24, 2.45) is 5.92 Å². The molecule has 0 saturated carbocycles. The van der Waals surface area contributed by atoms with E-state index in [2.05, 4.69) is 21.4 Å². The van der Waals surface area contributed by atoms with Gasteiger partial charge in [-0.3, -0.25) is 10.1 Å². The fourth-order valence-electron chi connectivity index (χ4n) is 3.68. The highest BCUT2D eigenvalue weighted by atomic mass is 16.2. The van der Waals surface area contributed by atoms with Crippen molar-refractivity contribution >= 4 is 33.8 Å². The van der Waals surface area contributed by atoms with E-state index in [-0.39, 0.29) is 5.91 Å². The first-order valence-electron chi connectivity index (χ1n) is 8.01. The predicted molar refractivity (Wildman–Crippen MR) is 93.9 cm³/mol. The maximum atomic E-state index is 12.5. The Balaban J connectivity index is 1.85. The van der Waals surface area contributed by atoms with E-state index in [0.29, 0.717) is 5.95 Å². The number of nitriles is 1. The van der Waals surface area contributed by atoms with Gasteiger partial charge in [-0.2, -0.15) is 5.26 Å². The number of benzene rings is 2. The number of carbonyl (C=O) groups is 1. The first-order chi connectivity index (χ1) is 12.3. The zero-order chi connectivity index (χ0) is 17.0. The van der Waals surface area contributed by atoms with E-state index in [9.17, 15) is 10.1 Å². The largest absolute Gasteiger partial charge is 0.361 e. The van der Waals surface area contributed by atoms with E-state index in [1.807, 2.05) is 59.3 Å². The standard InChI is InChI=1S/C19H13N5O/c20-9-12-17(13-10-21-14-6-2-1-5-11(13)14)24-16-8-4-3-7-15(16)22-19(24)23-18(12)25/h1-8,10,12,17,21H,(H,22,23,25)/t12-,17+/m0/s1. The first-order valence-corrected chi connectivity index (χ1v) is 8.01. The van der Waals surface area contributed by atoms with Crippen molar-refractivity contribution in [1.29, 1.82) is 5.26 Å². The number of aromatic amines is 1. The number of amides is 1. The van der Waals surface area contributed by atoms with Crippen LogP contribution < -0.4 is 5.32 Å². The van der Waals surface area contributed by atoms with Gasteiger partial charge in [-0.1, -0.05) is 30.3 Å². The second kappa shape index (κ2) is 4.95. The molecule has 0 radical (unpaired) electrons. The maximum Gasteiger partial charge on any atom is 0.246 e. The number of imidazole rings is 1. The Morgan fingerprint density at radius 1 is 1.12 bits per heavy atom. The summed E-state index contributed by atoms with van der Waals surface area (Å²) in [6.45, 7) is 0. The van der Waals surface area contributed by atoms with Crippen LogP contribution in [0, 0.1) is 17.2 Å². The van der Waals surface area contributed by atoms with Gasteiger partial charge in [-0.25, -0.2) is 4.98 Å². The number of anilines is 1. The lowest BCUT2D eigenvalue weighted by Crippen LogP contribution is -2.37. The van der Waals surface area contributed by atoms with Crippen LogP contribution in [0.3, 0.4) is 0 Å². The summed E-state index contributed by atoms with van der Waals surface area (Å²) in [6.07, 6.45) is 1.89. The Hall–Kier alpha value is -3.59. The maximum absolute atomic E-state index is 12.5. The van der Waals surface area contributed by atoms with Crippen LogP contribution in [0.4, 0.5) is 5.95 Å². The van der Waals surface area contributed by atoms with Crippen LogP contribution in [0.2, 0.25) is 0 Å². The molecule has 25 heavy (non-hydrogen) atoms. The quantitative estimate of drug-likeness (QED) is 0.563. The molecule has 4 aromatic rings. The topological polar surface area (TPSA) is 86.5 Å². The molecular formula is C19H13N5O. The molecule has 5 rings (SSSR count). The Bertz CT molecular complexity index is 1180. The van der Waals surface area contributed by atoms with E-state index in [0.717, 1.165) is 27.5 Å². The minimum atomic E-state index is -0.829. The Morgan fingerprint density at radius 2 is 1.92 bits per heavy atom. The van der Waals surface area contributed by atoms with Crippen LogP contribution in [0.25, 0.3) is 21.9 Å². The van der Waals surface area contributed by atoms with E-state index in [1.165, 1.54) is 0 Å². The Morgan fingerprint density at radius 3 is 2.80 bits per heavy atom. The molecule has 6 nitrogen and oxygen atoms in total. The monoisotopic (exact) mass is 327 g/mol. The molecule has 2 N–H and O–H groups in total. The van der Waals surface area contributed by atoms with Crippen molar-refractivity contribution in [3.8, 4) is 6.07 Å². The number of carbonyl (C=O) groups excluding carboxylic acids is 1. The van der Waals surface area contributed by atoms with Gasteiger partial charge in [0.2, 0.25) is 11.9 Å².